The van der Waals surface area contributed by atoms with Crippen LogP contribution in [0.2, 0.25) is 0 Å². The van der Waals surface area contributed by atoms with Crippen molar-refractivity contribution in [3.8, 4) is 0 Å². The molecule has 0 nitrogen and oxygen atoms in total. The Balaban J connectivity index is 0. The molecule has 0 aliphatic heterocycles. The van der Waals surface area contributed by atoms with Gasteiger partial charge in [0.05, 0.1) is 0 Å². The van der Waals surface area contributed by atoms with Gasteiger partial charge in [-0.3, -0.25) is 6.08 Å². The molecule has 0 saturated heterocycles. The molecule has 0 heterocycles. The number of hydrogen-bond donors (Lipinski definition) is 0. The fraction of sp³-hybridized carbons (Fsp3) is 0.231. The molecule has 0 fully saturated rings. The smallest absolute Gasteiger partial charge is 0 e. The largest absolute Gasteiger partial charge is 0.269 e. The topological polar surface area (TPSA) is 0 Å². The Morgan fingerprint density at radius 3 is 2.00 bits per heavy atom. The van der Waals surface area contributed by atoms with Crippen molar-refractivity contribution < 1.29 is 26.2 Å². The van der Waals surface area contributed by atoms with Crippen molar-refractivity contribution in [1.82, 2.24) is 0 Å². The monoisotopic (exact) mass is 331 g/mol. The molecular formula is C13H15Cl2Zr-. The Kier molecular flexibility index (Phi) is 9.59. The zero-order chi connectivity index (χ0) is 9.26. The van der Waals surface area contributed by atoms with Gasteiger partial charge in [-0.2, -0.15) is 11.1 Å². The second kappa shape index (κ2) is 8.28. The quantitative estimate of drug-likeness (QED) is 0.666. The minimum Gasteiger partial charge on any atom is -0.269 e. The summed E-state index contributed by atoms with van der Waals surface area (Å²) in [5.41, 5.74) is 5.44. The maximum atomic E-state index is 3.36. The molecule has 0 atom stereocenters. The van der Waals surface area contributed by atoms with E-state index < -0.39 is 0 Å². The van der Waals surface area contributed by atoms with Gasteiger partial charge in [-0.1, -0.05) is 44.2 Å². The van der Waals surface area contributed by atoms with Crippen LogP contribution >= 0.6 is 24.8 Å². The Labute approximate surface area is 129 Å². The predicted octanol–water partition coefficient (Wildman–Crippen LogP) is 4.45. The van der Waals surface area contributed by atoms with Gasteiger partial charge in [-0.15, -0.1) is 36.8 Å². The van der Waals surface area contributed by atoms with Crippen molar-refractivity contribution >= 4 is 30.4 Å². The van der Waals surface area contributed by atoms with Gasteiger partial charge in [0.25, 0.3) is 0 Å². The molecule has 1 aliphatic rings. The second-order valence-corrected chi connectivity index (χ2v) is 3.50. The number of hydrogen-bond acceptors (Lipinski definition) is 0. The van der Waals surface area contributed by atoms with E-state index in [2.05, 4.69) is 50.3 Å². The molecule has 0 spiro atoms. The molecular weight excluding hydrogens is 318 g/mol. The first-order chi connectivity index (χ1) is 6.29. The summed E-state index contributed by atoms with van der Waals surface area (Å²) in [7, 11) is 0. The third-order valence-electron chi connectivity index (χ3n) is 2.48. The van der Waals surface area contributed by atoms with E-state index >= 15 is 0 Å². The van der Waals surface area contributed by atoms with Crippen LogP contribution in [-0.4, -0.2) is 0 Å². The van der Waals surface area contributed by atoms with E-state index in [1.807, 2.05) is 0 Å². The fourth-order valence-electron chi connectivity index (χ4n) is 1.83. The zero-order valence-corrected chi connectivity index (χ0v) is 13.5. The number of allylic oxidation sites excluding steroid dienone is 4. The number of rotatable bonds is 1. The molecule has 1 aromatic rings. The van der Waals surface area contributed by atoms with E-state index in [0.717, 1.165) is 6.42 Å². The first kappa shape index (κ1) is 18.5. The van der Waals surface area contributed by atoms with Gasteiger partial charge in [0.2, 0.25) is 0 Å². The van der Waals surface area contributed by atoms with E-state index in [4.69, 9.17) is 0 Å². The van der Waals surface area contributed by atoms with Crippen molar-refractivity contribution in [3.05, 3.63) is 53.1 Å². The summed E-state index contributed by atoms with van der Waals surface area (Å²) in [6, 6.07) is 10.5. The summed E-state index contributed by atoms with van der Waals surface area (Å²) in [5.74, 6) is 0. The Bertz CT molecular complexity index is 380. The maximum Gasteiger partial charge on any atom is 0 e. The molecule has 1 aromatic carbocycles. The van der Waals surface area contributed by atoms with Gasteiger partial charge in [0, 0.05) is 26.2 Å². The molecule has 3 heteroatoms. The Hall–Kier alpha value is 0.163. The van der Waals surface area contributed by atoms with E-state index in [1.165, 1.54) is 22.3 Å². The normalized spacial score (nSPS) is 13.2. The SMILES string of the molecule is CC1=[C-]CC(C)=C1c1ccccc1.Cl.Cl.[Zr]. The van der Waals surface area contributed by atoms with Crippen LogP contribution in [0.3, 0.4) is 0 Å². The van der Waals surface area contributed by atoms with Crippen molar-refractivity contribution in [2.45, 2.75) is 20.3 Å². The fourth-order valence-corrected chi connectivity index (χ4v) is 1.83. The van der Waals surface area contributed by atoms with Crippen molar-refractivity contribution in [2.24, 2.45) is 0 Å². The van der Waals surface area contributed by atoms with Crippen LogP contribution in [0, 0.1) is 6.08 Å². The van der Waals surface area contributed by atoms with E-state index in [9.17, 15) is 0 Å². The summed E-state index contributed by atoms with van der Waals surface area (Å²) in [5, 5.41) is 0. The molecule has 0 aromatic heterocycles. The zero-order valence-electron chi connectivity index (χ0n) is 9.41. The van der Waals surface area contributed by atoms with Crippen molar-refractivity contribution in [3.63, 3.8) is 0 Å². The van der Waals surface area contributed by atoms with Crippen molar-refractivity contribution in [2.75, 3.05) is 0 Å². The number of benzene rings is 1. The minimum absolute atomic E-state index is 0. The van der Waals surface area contributed by atoms with Gasteiger partial charge in [-0.25, -0.2) is 5.57 Å². The predicted molar refractivity (Wildman–Crippen MR) is 70.6 cm³/mol. The van der Waals surface area contributed by atoms with Crippen LogP contribution in [0.5, 0.6) is 0 Å². The van der Waals surface area contributed by atoms with Crippen LogP contribution in [-0.2, 0) is 26.2 Å². The third kappa shape index (κ3) is 3.88. The summed E-state index contributed by atoms with van der Waals surface area (Å²) in [6.45, 7) is 4.32. The van der Waals surface area contributed by atoms with Gasteiger partial charge in [0.1, 0.15) is 0 Å². The number of halogens is 2. The van der Waals surface area contributed by atoms with Crippen LogP contribution in [0.25, 0.3) is 5.57 Å². The summed E-state index contributed by atoms with van der Waals surface area (Å²) < 4.78 is 0. The first-order valence-electron chi connectivity index (χ1n) is 4.62. The molecule has 2 rings (SSSR count). The van der Waals surface area contributed by atoms with Crippen LogP contribution in [0.15, 0.2) is 41.5 Å². The third-order valence-corrected chi connectivity index (χ3v) is 2.48. The molecule has 0 radical (unpaired) electrons. The van der Waals surface area contributed by atoms with Gasteiger partial charge >= 0.3 is 0 Å². The summed E-state index contributed by atoms with van der Waals surface area (Å²) in [6.07, 6.45) is 4.36. The van der Waals surface area contributed by atoms with E-state index in [0.29, 0.717) is 0 Å². The van der Waals surface area contributed by atoms with Gasteiger partial charge < -0.3 is 0 Å². The van der Waals surface area contributed by atoms with Crippen LogP contribution in [0.4, 0.5) is 0 Å². The summed E-state index contributed by atoms with van der Waals surface area (Å²) in [4.78, 5) is 0. The summed E-state index contributed by atoms with van der Waals surface area (Å²) >= 11 is 0. The van der Waals surface area contributed by atoms with Gasteiger partial charge in [0.15, 0.2) is 0 Å². The van der Waals surface area contributed by atoms with E-state index in [-0.39, 0.29) is 51.0 Å². The molecule has 0 bridgehead atoms. The van der Waals surface area contributed by atoms with Gasteiger partial charge in [-0.05, 0) is 0 Å². The molecule has 86 valence electrons. The molecule has 0 unspecified atom stereocenters. The Morgan fingerprint density at radius 2 is 1.56 bits per heavy atom. The minimum atomic E-state index is 0. The Morgan fingerprint density at radius 1 is 1.00 bits per heavy atom. The second-order valence-electron chi connectivity index (χ2n) is 3.50. The molecule has 0 amide bonds. The van der Waals surface area contributed by atoms with Crippen LogP contribution in [0.1, 0.15) is 25.8 Å². The average Bonchev–Trinajstić information content (AvgIpc) is 2.48. The molecule has 0 saturated carbocycles. The standard InChI is InChI=1S/C13H13.2ClH.Zr/c1-10-8-9-11(2)13(10)12-6-4-3-5-7-12;;;/h3-7H,8H2,1-2H3;2*1H;/q-1;;;. The molecule has 0 N–H and O–H groups in total. The van der Waals surface area contributed by atoms with Crippen LogP contribution < -0.4 is 0 Å². The molecule has 16 heavy (non-hydrogen) atoms. The average molecular weight is 333 g/mol. The van der Waals surface area contributed by atoms with Crippen molar-refractivity contribution in [1.29, 1.82) is 0 Å². The first-order valence-corrected chi connectivity index (χ1v) is 4.62. The maximum absolute atomic E-state index is 3.36. The van der Waals surface area contributed by atoms with E-state index in [1.54, 1.807) is 0 Å². The molecule has 1 aliphatic carbocycles.